The van der Waals surface area contributed by atoms with Crippen LogP contribution in [0.3, 0.4) is 0 Å². The summed E-state index contributed by atoms with van der Waals surface area (Å²) in [5.41, 5.74) is 7.23. The molecule has 0 bridgehead atoms. The van der Waals surface area contributed by atoms with Crippen molar-refractivity contribution in [2.75, 3.05) is 18.8 Å². The van der Waals surface area contributed by atoms with Gasteiger partial charge in [0.2, 0.25) is 5.91 Å². The van der Waals surface area contributed by atoms with E-state index in [1.54, 1.807) is 0 Å². The highest BCUT2D eigenvalue weighted by Gasteiger charge is 2.28. The maximum absolute atomic E-state index is 12.5. The van der Waals surface area contributed by atoms with Crippen LogP contribution in [-0.4, -0.2) is 40.9 Å². The Bertz CT molecular complexity index is 435. The number of hydrogen-bond acceptors (Lipinski definition) is 3. The molecule has 1 aliphatic heterocycles. The van der Waals surface area contributed by atoms with Crippen molar-refractivity contribution in [3.8, 4) is 0 Å². The molecule has 2 N–H and O–H groups in total. The van der Waals surface area contributed by atoms with Gasteiger partial charge in [0.1, 0.15) is 0 Å². The highest BCUT2D eigenvalue weighted by atomic mass is 32.2. The Labute approximate surface area is 125 Å². The quantitative estimate of drug-likeness (QED) is 0.925. The monoisotopic (exact) mass is 292 g/mol. The SMILES string of the molecule is CC(C)C1CN(C(=O)C(N)Cc2ccccc2)CCS1. The summed E-state index contributed by atoms with van der Waals surface area (Å²) in [7, 11) is 0. The first-order valence-electron chi connectivity index (χ1n) is 7.28. The molecule has 1 aliphatic rings. The predicted octanol–water partition coefficient (Wildman–Crippen LogP) is 2.16. The molecule has 2 unspecified atom stereocenters. The first-order chi connectivity index (χ1) is 9.58. The van der Waals surface area contributed by atoms with Crippen molar-refractivity contribution in [3.63, 3.8) is 0 Å². The minimum absolute atomic E-state index is 0.0970. The van der Waals surface area contributed by atoms with E-state index in [2.05, 4.69) is 13.8 Å². The van der Waals surface area contributed by atoms with Gasteiger partial charge in [-0.05, 0) is 17.9 Å². The van der Waals surface area contributed by atoms with Gasteiger partial charge in [-0.25, -0.2) is 0 Å². The van der Waals surface area contributed by atoms with Gasteiger partial charge >= 0.3 is 0 Å². The van der Waals surface area contributed by atoms with Crippen LogP contribution < -0.4 is 5.73 Å². The van der Waals surface area contributed by atoms with Crippen molar-refractivity contribution >= 4 is 17.7 Å². The molecule has 1 aromatic rings. The van der Waals surface area contributed by atoms with Crippen LogP contribution in [0.15, 0.2) is 30.3 Å². The molecule has 1 aromatic carbocycles. The van der Waals surface area contributed by atoms with Gasteiger partial charge in [-0.15, -0.1) is 0 Å². The molecule has 0 saturated carbocycles. The van der Waals surface area contributed by atoms with E-state index in [9.17, 15) is 4.79 Å². The summed E-state index contributed by atoms with van der Waals surface area (Å²) >= 11 is 1.97. The second kappa shape index (κ2) is 7.14. The van der Waals surface area contributed by atoms with Gasteiger partial charge in [0, 0.05) is 24.1 Å². The minimum atomic E-state index is -0.423. The molecular weight excluding hydrogens is 268 g/mol. The van der Waals surface area contributed by atoms with Crippen molar-refractivity contribution in [1.29, 1.82) is 0 Å². The van der Waals surface area contributed by atoms with Crippen molar-refractivity contribution < 1.29 is 4.79 Å². The smallest absolute Gasteiger partial charge is 0.239 e. The number of hydrogen-bond donors (Lipinski definition) is 1. The molecule has 2 rings (SSSR count). The zero-order valence-corrected chi connectivity index (χ0v) is 13.1. The van der Waals surface area contributed by atoms with E-state index in [0.29, 0.717) is 17.6 Å². The van der Waals surface area contributed by atoms with Crippen molar-refractivity contribution in [1.82, 2.24) is 4.90 Å². The molecule has 4 heteroatoms. The summed E-state index contributed by atoms with van der Waals surface area (Å²) in [6.07, 6.45) is 0.621. The van der Waals surface area contributed by atoms with Crippen LogP contribution in [0.2, 0.25) is 0 Å². The Morgan fingerprint density at radius 1 is 1.40 bits per heavy atom. The molecular formula is C16H24N2OS. The maximum Gasteiger partial charge on any atom is 0.239 e. The van der Waals surface area contributed by atoms with Crippen molar-refractivity contribution in [2.24, 2.45) is 11.7 Å². The van der Waals surface area contributed by atoms with E-state index >= 15 is 0 Å². The average molecular weight is 292 g/mol. The summed E-state index contributed by atoms with van der Waals surface area (Å²) in [6.45, 7) is 6.10. The van der Waals surface area contributed by atoms with Gasteiger partial charge in [0.25, 0.3) is 0 Å². The molecule has 0 spiro atoms. The van der Waals surface area contributed by atoms with Gasteiger partial charge < -0.3 is 10.6 Å². The molecule has 0 aliphatic carbocycles. The fourth-order valence-corrected chi connectivity index (χ4v) is 3.77. The fraction of sp³-hybridized carbons (Fsp3) is 0.562. The van der Waals surface area contributed by atoms with Crippen LogP contribution in [0.25, 0.3) is 0 Å². The Morgan fingerprint density at radius 2 is 2.10 bits per heavy atom. The van der Waals surface area contributed by atoms with Crippen LogP contribution >= 0.6 is 11.8 Å². The molecule has 0 aromatic heterocycles. The van der Waals surface area contributed by atoms with Crippen LogP contribution in [0.4, 0.5) is 0 Å². The van der Waals surface area contributed by atoms with E-state index in [1.807, 2.05) is 47.0 Å². The van der Waals surface area contributed by atoms with Crippen LogP contribution in [-0.2, 0) is 11.2 Å². The van der Waals surface area contributed by atoms with Crippen molar-refractivity contribution in [2.45, 2.75) is 31.6 Å². The number of nitrogens with zero attached hydrogens (tertiary/aromatic N) is 1. The second-order valence-corrected chi connectivity index (χ2v) is 7.08. The largest absolute Gasteiger partial charge is 0.339 e. The number of rotatable bonds is 4. The Balaban J connectivity index is 1.93. The number of nitrogens with two attached hydrogens (primary N) is 1. The lowest BCUT2D eigenvalue weighted by Gasteiger charge is -2.35. The third-order valence-electron chi connectivity index (χ3n) is 3.76. The van der Waals surface area contributed by atoms with Crippen molar-refractivity contribution in [3.05, 3.63) is 35.9 Å². The van der Waals surface area contributed by atoms with E-state index in [0.717, 1.165) is 24.4 Å². The zero-order chi connectivity index (χ0) is 14.5. The standard InChI is InChI=1S/C16H24N2OS/c1-12(2)15-11-18(8-9-20-15)16(19)14(17)10-13-6-4-3-5-7-13/h3-7,12,14-15H,8-11,17H2,1-2H3. The first-order valence-corrected chi connectivity index (χ1v) is 8.32. The van der Waals surface area contributed by atoms with E-state index in [-0.39, 0.29) is 5.91 Å². The van der Waals surface area contributed by atoms with E-state index < -0.39 is 6.04 Å². The number of amides is 1. The lowest BCUT2D eigenvalue weighted by Crippen LogP contribution is -2.50. The van der Waals surface area contributed by atoms with Crippen LogP contribution in [0, 0.1) is 5.92 Å². The molecule has 20 heavy (non-hydrogen) atoms. The molecule has 110 valence electrons. The van der Waals surface area contributed by atoms with Crippen LogP contribution in [0.1, 0.15) is 19.4 Å². The summed E-state index contributed by atoms with van der Waals surface area (Å²) < 4.78 is 0. The number of carbonyl (C=O) groups excluding carboxylic acids is 1. The average Bonchev–Trinajstić information content (AvgIpc) is 2.47. The minimum Gasteiger partial charge on any atom is -0.339 e. The summed E-state index contributed by atoms with van der Waals surface area (Å²) in [5, 5.41) is 0.539. The fourth-order valence-electron chi connectivity index (χ4n) is 2.47. The number of carbonyl (C=O) groups is 1. The lowest BCUT2D eigenvalue weighted by molar-refractivity contribution is -0.132. The van der Waals surface area contributed by atoms with Gasteiger partial charge in [0.05, 0.1) is 6.04 Å². The highest BCUT2D eigenvalue weighted by molar-refractivity contribution is 8.00. The topological polar surface area (TPSA) is 46.3 Å². The maximum atomic E-state index is 12.5. The Kier molecular flexibility index (Phi) is 5.49. The summed E-state index contributed by atoms with van der Waals surface area (Å²) in [5.74, 6) is 1.72. The van der Waals surface area contributed by atoms with Gasteiger partial charge in [-0.3, -0.25) is 4.79 Å². The highest BCUT2D eigenvalue weighted by Crippen LogP contribution is 2.25. The first kappa shape index (κ1) is 15.4. The van der Waals surface area contributed by atoms with E-state index in [4.69, 9.17) is 5.73 Å². The third-order valence-corrected chi connectivity index (χ3v) is 5.30. The van der Waals surface area contributed by atoms with Crippen LogP contribution in [0.5, 0.6) is 0 Å². The summed E-state index contributed by atoms with van der Waals surface area (Å²) in [6, 6.07) is 9.57. The second-order valence-electron chi connectivity index (χ2n) is 5.73. The molecule has 2 atom stereocenters. The van der Waals surface area contributed by atoms with Gasteiger partial charge in [-0.1, -0.05) is 44.2 Å². The Morgan fingerprint density at radius 3 is 2.75 bits per heavy atom. The normalized spacial score (nSPS) is 21.0. The lowest BCUT2D eigenvalue weighted by atomic mass is 10.0. The number of benzene rings is 1. The third kappa shape index (κ3) is 4.00. The van der Waals surface area contributed by atoms with Gasteiger partial charge in [-0.2, -0.15) is 11.8 Å². The Hall–Kier alpha value is -1.00. The van der Waals surface area contributed by atoms with Gasteiger partial charge in [0.15, 0.2) is 0 Å². The summed E-state index contributed by atoms with van der Waals surface area (Å²) in [4.78, 5) is 14.4. The molecule has 0 radical (unpaired) electrons. The molecule has 1 fully saturated rings. The molecule has 1 amide bonds. The molecule has 1 saturated heterocycles. The zero-order valence-electron chi connectivity index (χ0n) is 12.3. The van der Waals surface area contributed by atoms with E-state index in [1.165, 1.54) is 0 Å². The predicted molar refractivity (Wildman–Crippen MR) is 85.8 cm³/mol. The molecule has 1 heterocycles. The number of thioether (sulfide) groups is 1. The molecule has 3 nitrogen and oxygen atoms in total.